The van der Waals surface area contributed by atoms with Gasteiger partial charge in [0.25, 0.3) is 0 Å². The zero-order valence-electron chi connectivity index (χ0n) is 11.4. The summed E-state index contributed by atoms with van der Waals surface area (Å²) in [5, 5.41) is 0.512. The maximum atomic E-state index is 12.4. The van der Waals surface area contributed by atoms with Gasteiger partial charge in [-0.25, -0.2) is 0 Å². The van der Waals surface area contributed by atoms with Crippen LogP contribution >= 0.6 is 11.6 Å². The van der Waals surface area contributed by atoms with Crippen molar-refractivity contribution in [3.05, 3.63) is 69.7 Å². The van der Waals surface area contributed by atoms with Crippen LogP contribution in [0, 0.1) is 6.92 Å². The van der Waals surface area contributed by atoms with E-state index in [4.69, 9.17) is 11.6 Å². The Balaban J connectivity index is 2.33. The highest BCUT2D eigenvalue weighted by Gasteiger charge is 2.13. The van der Waals surface area contributed by atoms with E-state index in [1.165, 1.54) is 5.56 Å². The standard InChI is InChI=1S/C17H17ClO/c1-11(2)13-5-7-14(8-6-13)17(19)15-9-4-12(3)10-16(15)18/h4-11H,1-3H3. The summed E-state index contributed by atoms with van der Waals surface area (Å²) in [5.74, 6) is 0.437. The maximum absolute atomic E-state index is 12.4. The first-order valence-corrected chi connectivity index (χ1v) is 6.77. The molecule has 98 valence electrons. The lowest BCUT2D eigenvalue weighted by atomic mass is 9.97. The van der Waals surface area contributed by atoms with Crippen LogP contribution in [0.1, 0.15) is 46.8 Å². The van der Waals surface area contributed by atoms with E-state index in [2.05, 4.69) is 13.8 Å². The van der Waals surface area contributed by atoms with Gasteiger partial charge < -0.3 is 0 Å². The third kappa shape index (κ3) is 3.05. The van der Waals surface area contributed by atoms with Crippen molar-refractivity contribution in [1.82, 2.24) is 0 Å². The summed E-state index contributed by atoms with van der Waals surface area (Å²) in [6.07, 6.45) is 0. The van der Waals surface area contributed by atoms with E-state index in [0.717, 1.165) is 5.56 Å². The molecule has 0 spiro atoms. The average Bonchev–Trinajstić information content (AvgIpc) is 2.38. The molecule has 2 heteroatoms. The van der Waals surface area contributed by atoms with Gasteiger partial charge in [-0.3, -0.25) is 4.79 Å². The fourth-order valence-electron chi connectivity index (χ4n) is 1.98. The molecule has 0 N–H and O–H groups in total. The lowest BCUT2D eigenvalue weighted by Crippen LogP contribution is -2.02. The molecule has 0 atom stereocenters. The Morgan fingerprint density at radius 3 is 2.21 bits per heavy atom. The Kier molecular flexibility index (Phi) is 4.06. The topological polar surface area (TPSA) is 17.1 Å². The largest absolute Gasteiger partial charge is 0.289 e. The lowest BCUT2D eigenvalue weighted by molar-refractivity contribution is 0.103. The van der Waals surface area contributed by atoms with Gasteiger partial charge >= 0.3 is 0 Å². The van der Waals surface area contributed by atoms with E-state index in [-0.39, 0.29) is 5.78 Å². The predicted molar refractivity (Wildman–Crippen MR) is 80.2 cm³/mol. The third-order valence-corrected chi connectivity index (χ3v) is 3.52. The number of halogens is 1. The number of ketones is 1. The van der Waals surface area contributed by atoms with Crippen LogP contribution in [0.3, 0.4) is 0 Å². The van der Waals surface area contributed by atoms with Crippen molar-refractivity contribution in [2.45, 2.75) is 26.7 Å². The lowest BCUT2D eigenvalue weighted by Gasteiger charge is -2.08. The molecule has 2 aromatic carbocycles. The molecule has 2 aromatic rings. The quantitative estimate of drug-likeness (QED) is 0.719. The first kappa shape index (κ1) is 13.8. The molecule has 19 heavy (non-hydrogen) atoms. The van der Waals surface area contributed by atoms with Crippen molar-refractivity contribution in [2.24, 2.45) is 0 Å². The van der Waals surface area contributed by atoms with Crippen molar-refractivity contribution in [3.63, 3.8) is 0 Å². The number of carbonyl (C=O) groups excluding carboxylic acids is 1. The molecule has 0 fully saturated rings. The van der Waals surface area contributed by atoms with Crippen molar-refractivity contribution in [1.29, 1.82) is 0 Å². The Bertz CT molecular complexity index is 597. The molecule has 0 aliphatic rings. The number of hydrogen-bond acceptors (Lipinski definition) is 1. The van der Waals surface area contributed by atoms with Gasteiger partial charge in [-0.05, 0) is 36.1 Å². The van der Waals surface area contributed by atoms with Crippen LogP contribution in [0.4, 0.5) is 0 Å². The molecule has 0 saturated heterocycles. The average molecular weight is 273 g/mol. The first-order chi connectivity index (χ1) is 8.99. The van der Waals surface area contributed by atoms with Gasteiger partial charge in [0.2, 0.25) is 0 Å². The summed E-state index contributed by atoms with van der Waals surface area (Å²) in [7, 11) is 0. The molecular weight excluding hydrogens is 256 g/mol. The molecular formula is C17H17ClO. The Morgan fingerprint density at radius 2 is 1.68 bits per heavy atom. The zero-order chi connectivity index (χ0) is 14.0. The summed E-state index contributed by atoms with van der Waals surface area (Å²) < 4.78 is 0. The highest BCUT2D eigenvalue weighted by molar-refractivity contribution is 6.35. The molecule has 0 aromatic heterocycles. The number of aryl methyl sites for hydroxylation is 1. The molecule has 0 heterocycles. The predicted octanol–water partition coefficient (Wildman–Crippen LogP) is 5.00. The van der Waals surface area contributed by atoms with Crippen molar-refractivity contribution in [2.75, 3.05) is 0 Å². The first-order valence-electron chi connectivity index (χ1n) is 6.40. The fraction of sp³-hybridized carbons (Fsp3) is 0.235. The van der Waals surface area contributed by atoms with Crippen molar-refractivity contribution < 1.29 is 4.79 Å². The van der Waals surface area contributed by atoms with Crippen LogP contribution in [0.5, 0.6) is 0 Å². The molecule has 0 aliphatic carbocycles. The van der Waals surface area contributed by atoms with E-state index >= 15 is 0 Å². The summed E-state index contributed by atoms with van der Waals surface area (Å²) in [6.45, 7) is 6.22. The zero-order valence-corrected chi connectivity index (χ0v) is 12.2. The summed E-state index contributed by atoms with van der Waals surface area (Å²) in [6, 6.07) is 13.2. The van der Waals surface area contributed by atoms with Gasteiger partial charge in [-0.2, -0.15) is 0 Å². The minimum atomic E-state index is -0.0275. The summed E-state index contributed by atoms with van der Waals surface area (Å²) in [5.41, 5.74) is 3.52. The van der Waals surface area contributed by atoms with Gasteiger partial charge in [0, 0.05) is 11.1 Å². The second-order valence-corrected chi connectivity index (χ2v) is 5.50. The Hall–Kier alpha value is -1.60. The third-order valence-electron chi connectivity index (χ3n) is 3.21. The SMILES string of the molecule is Cc1ccc(C(=O)c2ccc(C(C)C)cc2)c(Cl)c1. The number of rotatable bonds is 3. The van der Waals surface area contributed by atoms with E-state index < -0.39 is 0 Å². The number of carbonyl (C=O) groups is 1. The number of hydrogen-bond donors (Lipinski definition) is 0. The van der Waals surface area contributed by atoms with Crippen molar-refractivity contribution >= 4 is 17.4 Å². The van der Waals surface area contributed by atoms with E-state index in [1.54, 1.807) is 6.07 Å². The molecule has 0 bridgehead atoms. The Morgan fingerprint density at radius 1 is 1.05 bits per heavy atom. The minimum absolute atomic E-state index is 0.0275. The van der Waals surface area contributed by atoms with Gasteiger partial charge in [0.1, 0.15) is 0 Å². The molecule has 0 amide bonds. The van der Waals surface area contributed by atoms with E-state index in [0.29, 0.717) is 22.1 Å². The molecule has 2 rings (SSSR count). The van der Waals surface area contributed by atoms with Crippen LogP contribution in [-0.2, 0) is 0 Å². The van der Waals surface area contributed by atoms with Crippen molar-refractivity contribution in [3.8, 4) is 0 Å². The summed E-state index contributed by atoms with van der Waals surface area (Å²) >= 11 is 6.14. The maximum Gasteiger partial charge on any atom is 0.194 e. The molecule has 1 nitrogen and oxygen atoms in total. The second kappa shape index (κ2) is 5.58. The van der Waals surface area contributed by atoms with Crippen LogP contribution < -0.4 is 0 Å². The normalized spacial score (nSPS) is 10.8. The molecule has 0 aliphatic heterocycles. The highest BCUT2D eigenvalue weighted by Crippen LogP contribution is 2.22. The fourth-order valence-corrected chi connectivity index (χ4v) is 2.30. The number of benzene rings is 2. The van der Waals surface area contributed by atoms with Crippen LogP contribution in [0.25, 0.3) is 0 Å². The smallest absolute Gasteiger partial charge is 0.194 e. The molecule has 0 saturated carbocycles. The monoisotopic (exact) mass is 272 g/mol. The second-order valence-electron chi connectivity index (χ2n) is 5.09. The minimum Gasteiger partial charge on any atom is -0.289 e. The molecule has 0 radical (unpaired) electrons. The van der Waals surface area contributed by atoms with Gasteiger partial charge in [-0.1, -0.05) is 55.8 Å². The van der Waals surface area contributed by atoms with E-state index in [1.807, 2.05) is 43.3 Å². The van der Waals surface area contributed by atoms with Gasteiger partial charge in [0.15, 0.2) is 5.78 Å². The van der Waals surface area contributed by atoms with Gasteiger partial charge in [-0.15, -0.1) is 0 Å². The van der Waals surface area contributed by atoms with Crippen LogP contribution in [0.2, 0.25) is 5.02 Å². The van der Waals surface area contributed by atoms with Gasteiger partial charge in [0.05, 0.1) is 5.02 Å². The van der Waals surface area contributed by atoms with Crippen LogP contribution in [0.15, 0.2) is 42.5 Å². The highest BCUT2D eigenvalue weighted by atomic mass is 35.5. The Labute approximate surface area is 119 Å². The van der Waals surface area contributed by atoms with E-state index in [9.17, 15) is 4.79 Å². The molecule has 0 unspecified atom stereocenters. The van der Waals surface area contributed by atoms with Crippen LogP contribution in [-0.4, -0.2) is 5.78 Å². The summed E-state index contributed by atoms with van der Waals surface area (Å²) in [4.78, 5) is 12.4.